The van der Waals surface area contributed by atoms with Crippen LogP contribution in [0.5, 0.6) is 0 Å². The van der Waals surface area contributed by atoms with E-state index in [4.69, 9.17) is 0 Å². The minimum atomic E-state index is -3.72. The van der Waals surface area contributed by atoms with Crippen molar-refractivity contribution in [2.24, 2.45) is 5.92 Å². The van der Waals surface area contributed by atoms with Gasteiger partial charge in [-0.05, 0) is 43.7 Å². The summed E-state index contributed by atoms with van der Waals surface area (Å²) < 4.78 is 32.7. The number of hydrogen-bond acceptors (Lipinski definition) is 5. The molecule has 1 saturated heterocycles. The summed E-state index contributed by atoms with van der Waals surface area (Å²) in [6.07, 6.45) is 2.58. The molecular weight excluding hydrogens is 420 g/mol. The van der Waals surface area contributed by atoms with Crippen molar-refractivity contribution in [3.8, 4) is 10.6 Å². The van der Waals surface area contributed by atoms with Crippen LogP contribution in [0.15, 0.2) is 51.6 Å². The minimum Gasteiger partial charge on any atom is -0.312 e. The highest BCUT2D eigenvalue weighted by molar-refractivity contribution is 7.89. The van der Waals surface area contributed by atoms with Crippen molar-refractivity contribution < 1.29 is 8.42 Å². The van der Waals surface area contributed by atoms with Crippen molar-refractivity contribution in [2.75, 3.05) is 13.1 Å². The van der Waals surface area contributed by atoms with Crippen LogP contribution in [0.1, 0.15) is 37.9 Å². The Morgan fingerprint density at radius 1 is 1.13 bits per heavy atom. The second-order valence-corrected chi connectivity index (χ2v) is 11.3. The maximum absolute atomic E-state index is 13.8. The first-order valence-corrected chi connectivity index (χ1v) is 12.5. The first kappa shape index (κ1) is 19.7. The van der Waals surface area contributed by atoms with Gasteiger partial charge in [-0.3, -0.25) is 9.48 Å². The second kappa shape index (κ2) is 7.18. The van der Waals surface area contributed by atoms with Crippen LogP contribution >= 0.6 is 11.3 Å². The summed E-state index contributed by atoms with van der Waals surface area (Å²) in [5.41, 5.74) is 1.46. The average molecular weight is 445 g/mol. The molecule has 0 amide bonds. The van der Waals surface area contributed by atoms with Gasteiger partial charge in [-0.2, -0.15) is 9.40 Å². The molecule has 1 fully saturated rings. The zero-order valence-electron chi connectivity index (χ0n) is 16.9. The van der Waals surface area contributed by atoms with Gasteiger partial charge in [0.25, 0.3) is 5.56 Å². The molecule has 3 aromatic heterocycles. The Morgan fingerprint density at radius 2 is 1.97 bits per heavy atom. The fourth-order valence-electron chi connectivity index (χ4n) is 4.60. The number of aromatic nitrogens is 3. The largest absolute Gasteiger partial charge is 0.312 e. The van der Waals surface area contributed by atoms with Gasteiger partial charge in [-0.1, -0.05) is 12.1 Å². The van der Waals surface area contributed by atoms with E-state index < -0.39 is 10.0 Å². The Kier molecular flexibility index (Phi) is 4.72. The average Bonchev–Trinajstić information content (AvgIpc) is 3.38. The fraction of sp³-hybridized carbons (Fsp3) is 0.429. The van der Waals surface area contributed by atoms with Gasteiger partial charge in [0, 0.05) is 49.6 Å². The van der Waals surface area contributed by atoms with Crippen molar-refractivity contribution in [3.63, 3.8) is 0 Å². The van der Waals surface area contributed by atoms with Crippen LogP contribution in [0.3, 0.4) is 0 Å². The van der Waals surface area contributed by atoms with Gasteiger partial charge in [0.2, 0.25) is 10.0 Å². The van der Waals surface area contributed by atoms with Crippen LogP contribution in [-0.2, 0) is 16.6 Å². The molecule has 2 atom stereocenters. The molecule has 0 aromatic carbocycles. The zero-order valence-corrected chi connectivity index (χ0v) is 18.6. The first-order chi connectivity index (χ1) is 14.3. The third kappa shape index (κ3) is 3.16. The van der Waals surface area contributed by atoms with Crippen LogP contribution in [0, 0.1) is 5.92 Å². The SMILES string of the molecule is CC(C)n1cc(S(=O)(=O)N2CC3CC(C2)c2cccc(=O)n2C3)c(-c2cccs2)n1. The molecule has 7 nitrogen and oxygen atoms in total. The fourth-order valence-corrected chi connectivity index (χ4v) is 7.09. The number of sulfonamides is 1. The standard InChI is InChI=1S/C21H24N4O3S2/c1-14(2)25-13-19(21(22-25)18-6-4-8-29-18)30(27,28)23-10-15-9-16(12-23)17-5-3-7-20(26)24(17)11-15/h3-8,13-16H,9-12H2,1-2H3. The molecule has 9 heteroatoms. The summed E-state index contributed by atoms with van der Waals surface area (Å²) in [5, 5.41) is 6.54. The third-order valence-corrected chi connectivity index (χ3v) is 8.76. The smallest absolute Gasteiger partial charge is 0.250 e. The maximum Gasteiger partial charge on any atom is 0.250 e. The summed E-state index contributed by atoms with van der Waals surface area (Å²) in [7, 11) is -3.72. The zero-order chi connectivity index (χ0) is 21.0. The molecule has 3 aromatic rings. The molecule has 0 radical (unpaired) electrons. The number of hydrogen-bond donors (Lipinski definition) is 0. The normalized spacial score (nSPS) is 21.7. The Labute approximate surface area is 179 Å². The number of nitrogens with zero attached hydrogens (tertiary/aromatic N) is 4. The molecule has 158 valence electrons. The van der Waals surface area contributed by atoms with Crippen molar-refractivity contribution in [1.29, 1.82) is 0 Å². The predicted molar refractivity (Wildman–Crippen MR) is 116 cm³/mol. The summed E-state index contributed by atoms with van der Waals surface area (Å²) in [4.78, 5) is 13.4. The minimum absolute atomic E-state index is 0.00306. The second-order valence-electron chi connectivity index (χ2n) is 8.41. The van der Waals surface area contributed by atoms with E-state index in [0.29, 0.717) is 25.3 Å². The highest BCUT2D eigenvalue weighted by Gasteiger charge is 2.41. The molecule has 0 N–H and O–H groups in total. The molecule has 0 saturated carbocycles. The van der Waals surface area contributed by atoms with Crippen LogP contribution < -0.4 is 5.56 Å². The number of pyridine rings is 1. The molecule has 2 bridgehead atoms. The van der Waals surface area contributed by atoms with Gasteiger partial charge in [0.1, 0.15) is 10.6 Å². The maximum atomic E-state index is 13.8. The lowest BCUT2D eigenvalue weighted by atomic mass is 9.84. The topological polar surface area (TPSA) is 77.2 Å². The van der Waals surface area contributed by atoms with E-state index in [0.717, 1.165) is 17.0 Å². The Balaban J connectivity index is 1.55. The molecule has 5 rings (SSSR count). The summed E-state index contributed by atoms with van der Waals surface area (Å²) >= 11 is 1.49. The van der Waals surface area contributed by atoms with Gasteiger partial charge in [-0.25, -0.2) is 8.42 Å². The van der Waals surface area contributed by atoms with E-state index in [1.165, 1.54) is 11.3 Å². The number of piperidine rings is 1. The summed E-state index contributed by atoms with van der Waals surface area (Å²) in [6.45, 7) is 5.36. The molecular formula is C21H24N4O3S2. The lowest BCUT2D eigenvalue weighted by molar-refractivity contribution is 0.186. The van der Waals surface area contributed by atoms with Crippen molar-refractivity contribution in [1.82, 2.24) is 18.7 Å². The van der Waals surface area contributed by atoms with Crippen molar-refractivity contribution in [2.45, 2.75) is 43.7 Å². The molecule has 0 spiro atoms. The van der Waals surface area contributed by atoms with E-state index in [2.05, 4.69) is 5.10 Å². The molecule has 2 unspecified atom stereocenters. The van der Waals surface area contributed by atoms with Crippen LogP contribution in [0.2, 0.25) is 0 Å². The van der Waals surface area contributed by atoms with Gasteiger partial charge >= 0.3 is 0 Å². The number of fused-ring (bicyclic) bond motifs is 4. The summed E-state index contributed by atoms with van der Waals surface area (Å²) in [5.74, 6) is 0.169. The van der Waals surface area contributed by atoms with Gasteiger partial charge < -0.3 is 4.57 Å². The third-order valence-electron chi connectivity index (χ3n) is 6.05. The molecule has 2 aliphatic rings. The van der Waals surface area contributed by atoms with Crippen molar-refractivity contribution in [3.05, 3.63) is 58.0 Å². The van der Waals surface area contributed by atoms with Crippen LogP contribution in [0.25, 0.3) is 10.6 Å². The molecule has 5 heterocycles. The highest BCUT2D eigenvalue weighted by atomic mass is 32.2. The van der Waals surface area contributed by atoms with Gasteiger partial charge in [0.15, 0.2) is 0 Å². The lowest BCUT2D eigenvalue weighted by Gasteiger charge is -2.41. The molecule has 2 aliphatic heterocycles. The first-order valence-electron chi connectivity index (χ1n) is 10.2. The molecule has 30 heavy (non-hydrogen) atoms. The van der Waals surface area contributed by atoms with Crippen molar-refractivity contribution >= 4 is 21.4 Å². The quantitative estimate of drug-likeness (QED) is 0.619. The monoisotopic (exact) mass is 444 g/mol. The Bertz CT molecular complexity index is 1240. The van der Waals surface area contributed by atoms with E-state index in [9.17, 15) is 13.2 Å². The van der Waals surface area contributed by atoms with E-state index >= 15 is 0 Å². The molecule has 0 aliphatic carbocycles. The van der Waals surface area contributed by atoms with Gasteiger partial charge in [0.05, 0.1) is 4.88 Å². The number of rotatable bonds is 4. The van der Waals surface area contributed by atoms with Crippen LogP contribution in [0.4, 0.5) is 0 Å². The van der Waals surface area contributed by atoms with E-state index in [1.807, 2.05) is 42.0 Å². The van der Waals surface area contributed by atoms with E-state index in [1.54, 1.807) is 27.3 Å². The van der Waals surface area contributed by atoms with E-state index in [-0.39, 0.29) is 28.3 Å². The Morgan fingerprint density at radius 3 is 2.70 bits per heavy atom. The Hall–Kier alpha value is -2.23. The highest BCUT2D eigenvalue weighted by Crippen LogP contribution is 2.39. The van der Waals surface area contributed by atoms with Gasteiger partial charge in [-0.15, -0.1) is 11.3 Å². The summed E-state index contributed by atoms with van der Waals surface area (Å²) in [6, 6.07) is 9.17. The predicted octanol–water partition coefficient (Wildman–Crippen LogP) is 3.16. The lowest BCUT2D eigenvalue weighted by Crippen LogP contribution is -2.49. The number of thiophene rings is 1. The van der Waals surface area contributed by atoms with Crippen LogP contribution in [-0.4, -0.2) is 40.2 Å².